The predicted molar refractivity (Wildman–Crippen MR) is 82.6 cm³/mol. The summed E-state index contributed by atoms with van der Waals surface area (Å²) in [6, 6.07) is 5.89. The van der Waals surface area contributed by atoms with Crippen LogP contribution in [0.25, 0.3) is 0 Å². The fourth-order valence-corrected chi connectivity index (χ4v) is 2.85. The maximum absolute atomic E-state index is 6.32. The third kappa shape index (κ3) is 4.48. The van der Waals surface area contributed by atoms with Crippen molar-refractivity contribution in [3.63, 3.8) is 0 Å². The van der Waals surface area contributed by atoms with Gasteiger partial charge in [0, 0.05) is 17.6 Å². The molecule has 0 spiro atoms. The summed E-state index contributed by atoms with van der Waals surface area (Å²) >= 11 is 3.48. The first kappa shape index (κ1) is 16.5. The number of methoxy groups -OCH3 is 2. The lowest BCUT2D eigenvalue weighted by Crippen LogP contribution is -2.46. The Morgan fingerprint density at radius 2 is 1.89 bits per heavy atom. The third-order valence-electron chi connectivity index (χ3n) is 3.19. The number of rotatable bonds is 5. The molecule has 1 rings (SSSR count). The van der Waals surface area contributed by atoms with E-state index >= 15 is 0 Å². The molecule has 0 saturated heterocycles. The van der Waals surface area contributed by atoms with Gasteiger partial charge in [0.05, 0.1) is 13.2 Å². The monoisotopic (exact) mass is 329 g/mol. The Morgan fingerprint density at radius 1 is 1.26 bits per heavy atom. The van der Waals surface area contributed by atoms with Crippen LogP contribution in [0.2, 0.25) is 0 Å². The molecule has 0 aliphatic carbocycles. The average Bonchev–Trinajstić information content (AvgIpc) is 2.28. The molecule has 2 atom stereocenters. The summed E-state index contributed by atoms with van der Waals surface area (Å²) in [5.74, 6) is 0.863. The topological polar surface area (TPSA) is 44.5 Å². The Morgan fingerprint density at radius 3 is 2.37 bits per heavy atom. The Labute approximate surface area is 124 Å². The van der Waals surface area contributed by atoms with E-state index < -0.39 is 0 Å². The van der Waals surface area contributed by atoms with Gasteiger partial charge >= 0.3 is 0 Å². The highest BCUT2D eigenvalue weighted by Gasteiger charge is 2.30. The number of halogens is 1. The van der Waals surface area contributed by atoms with E-state index in [4.69, 9.17) is 15.2 Å². The van der Waals surface area contributed by atoms with Crippen LogP contribution >= 0.6 is 15.9 Å². The van der Waals surface area contributed by atoms with Crippen LogP contribution in [0.15, 0.2) is 22.7 Å². The highest BCUT2D eigenvalue weighted by atomic mass is 79.9. The molecule has 0 bridgehead atoms. The van der Waals surface area contributed by atoms with Gasteiger partial charge in [0.2, 0.25) is 0 Å². The summed E-state index contributed by atoms with van der Waals surface area (Å²) in [6.07, 6.45) is 0.717. The van der Waals surface area contributed by atoms with Crippen molar-refractivity contribution in [2.75, 3.05) is 14.2 Å². The minimum absolute atomic E-state index is 0.00353. The molecule has 1 aromatic rings. The maximum atomic E-state index is 6.32. The summed E-state index contributed by atoms with van der Waals surface area (Å²) in [6.45, 7) is 6.41. The minimum Gasteiger partial charge on any atom is -0.496 e. The molecule has 0 heterocycles. The fourth-order valence-electron chi connectivity index (χ4n) is 2.44. The van der Waals surface area contributed by atoms with Crippen molar-refractivity contribution in [2.45, 2.75) is 39.3 Å². The summed E-state index contributed by atoms with van der Waals surface area (Å²) in [5.41, 5.74) is 7.43. The SMILES string of the molecule is COc1ccc(Br)cc1CC(N)C(OC)C(C)(C)C. The summed E-state index contributed by atoms with van der Waals surface area (Å²) in [4.78, 5) is 0. The van der Waals surface area contributed by atoms with Gasteiger partial charge < -0.3 is 15.2 Å². The molecule has 1 aromatic carbocycles. The lowest BCUT2D eigenvalue weighted by atomic mass is 9.82. The summed E-state index contributed by atoms with van der Waals surface area (Å²) in [5, 5.41) is 0. The first-order chi connectivity index (χ1) is 8.79. The van der Waals surface area contributed by atoms with E-state index in [-0.39, 0.29) is 17.6 Å². The minimum atomic E-state index is -0.0757. The molecule has 0 amide bonds. The van der Waals surface area contributed by atoms with Gasteiger partial charge in [-0.15, -0.1) is 0 Å². The number of benzene rings is 1. The average molecular weight is 330 g/mol. The Bertz CT molecular complexity index is 415. The van der Waals surface area contributed by atoms with Gasteiger partial charge in [0.1, 0.15) is 5.75 Å². The molecule has 0 fully saturated rings. The third-order valence-corrected chi connectivity index (χ3v) is 3.69. The Kier molecular flexibility index (Phi) is 5.83. The lowest BCUT2D eigenvalue weighted by molar-refractivity contribution is -0.00175. The Balaban J connectivity index is 2.92. The molecule has 0 aromatic heterocycles. The normalized spacial score (nSPS) is 15.1. The first-order valence-corrected chi connectivity index (χ1v) is 7.19. The van der Waals surface area contributed by atoms with Crippen molar-refractivity contribution in [3.8, 4) is 5.75 Å². The van der Waals surface area contributed by atoms with E-state index in [0.717, 1.165) is 22.2 Å². The molecule has 2 unspecified atom stereocenters. The molecule has 0 saturated carbocycles. The van der Waals surface area contributed by atoms with Crippen LogP contribution in [0, 0.1) is 5.41 Å². The van der Waals surface area contributed by atoms with E-state index in [0.29, 0.717) is 0 Å². The smallest absolute Gasteiger partial charge is 0.122 e. The van der Waals surface area contributed by atoms with Crippen molar-refractivity contribution in [3.05, 3.63) is 28.2 Å². The van der Waals surface area contributed by atoms with Crippen LogP contribution in [-0.2, 0) is 11.2 Å². The molecule has 0 radical (unpaired) electrons. The molecular weight excluding hydrogens is 306 g/mol. The summed E-state index contributed by atoms with van der Waals surface area (Å²) in [7, 11) is 3.39. The molecule has 19 heavy (non-hydrogen) atoms. The quantitative estimate of drug-likeness (QED) is 0.900. The van der Waals surface area contributed by atoms with Crippen LogP contribution < -0.4 is 10.5 Å². The van der Waals surface area contributed by atoms with Crippen molar-refractivity contribution in [2.24, 2.45) is 11.1 Å². The van der Waals surface area contributed by atoms with E-state index in [1.807, 2.05) is 18.2 Å². The zero-order valence-corrected chi connectivity index (χ0v) is 14.0. The highest BCUT2D eigenvalue weighted by Crippen LogP contribution is 2.28. The lowest BCUT2D eigenvalue weighted by Gasteiger charge is -2.34. The van der Waals surface area contributed by atoms with Crippen LogP contribution in [0.3, 0.4) is 0 Å². The largest absolute Gasteiger partial charge is 0.496 e. The molecule has 2 N–H and O–H groups in total. The molecule has 0 aliphatic rings. The zero-order chi connectivity index (χ0) is 14.6. The maximum Gasteiger partial charge on any atom is 0.122 e. The van der Waals surface area contributed by atoms with Gasteiger partial charge in [0.15, 0.2) is 0 Å². The number of nitrogens with two attached hydrogens (primary N) is 1. The van der Waals surface area contributed by atoms with Crippen LogP contribution in [-0.4, -0.2) is 26.4 Å². The van der Waals surface area contributed by atoms with Crippen LogP contribution in [0.4, 0.5) is 0 Å². The van der Waals surface area contributed by atoms with Crippen molar-refractivity contribution < 1.29 is 9.47 Å². The molecule has 3 nitrogen and oxygen atoms in total. The standard InChI is InChI=1S/C15H24BrNO2/c1-15(2,3)14(19-5)12(17)9-10-8-11(16)6-7-13(10)18-4/h6-8,12,14H,9,17H2,1-5H3. The van der Waals surface area contributed by atoms with E-state index in [1.54, 1.807) is 14.2 Å². The number of hydrogen-bond donors (Lipinski definition) is 1. The highest BCUT2D eigenvalue weighted by molar-refractivity contribution is 9.10. The van der Waals surface area contributed by atoms with Gasteiger partial charge in [-0.1, -0.05) is 36.7 Å². The van der Waals surface area contributed by atoms with Gasteiger partial charge in [-0.25, -0.2) is 0 Å². The van der Waals surface area contributed by atoms with E-state index in [9.17, 15) is 0 Å². The number of hydrogen-bond acceptors (Lipinski definition) is 3. The zero-order valence-electron chi connectivity index (χ0n) is 12.4. The fraction of sp³-hybridized carbons (Fsp3) is 0.600. The van der Waals surface area contributed by atoms with Gasteiger partial charge in [-0.05, 0) is 35.6 Å². The summed E-state index contributed by atoms with van der Waals surface area (Å²) < 4.78 is 12.0. The second kappa shape index (κ2) is 6.73. The Hall–Kier alpha value is -0.580. The molecule has 108 valence electrons. The van der Waals surface area contributed by atoms with Gasteiger partial charge in [-0.2, -0.15) is 0 Å². The van der Waals surface area contributed by atoms with E-state index in [2.05, 4.69) is 36.7 Å². The van der Waals surface area contributed by atoms with Crippen molar-refractivity contribution in [1.29, 1.82) is 0 Å². The molecular formula is C15H24BrNO2. The predicted octanol–water partition coefficient (Wildman–Crippen LogP) is 3.39. The molecule has 4 heteroatoms. The second-order valence-corrected chi connectivity index (χ2v) is 6.76. The van der Waals surface area contributed by atoms with Crippen molar-refractivity contribution in [1.82, 2.24) is 0 Å². The second-order valence-electron chi connectivity index (χ2n) is 5.85. The first-order valence-electron chi connectivity index (χ1n) is 6.40. The number of ether oxygens (including phenoxy) is 2. The van der Waals surface area contributed by atoms with Crippen molar-refractivity contribution >= 4 is 15.9 Å². The molecule has 0 aliphatic heterocycles. The van der Waals surface area contributed by atoms with Crippen LogP contribution in [0.1, 0.15) is 26.3 Å². The van der Waals surface area contributed by atoms with Crippen LogP contribution in [0.5, 0.6) is 5.75 Å². The van der Waals surface area contributed by atoms with Gasteiger partial charge in [-0.3, -0.25) is 0 Å². The van der Waals surface area contributed by atoms with E-state index in [1.165, 1.54) is 0 Å². The van der Waals surface area contributed by atoms with Gasteiger partial charge in [0.25, 0.3) is 0 Å².